The lowest BCUT2D eigenvalue weighted by Gasteiger charge is -2.02. The Morgan fingerprint density at radius 2 is 2.00 bits per heavy atom. The molecule has 0 unspecified atom stereocenters. The van der Waals surface area contributed by atoms with Crippen molar-refractivity contribution in [3.63, 3.8) is 0 Å². The molecule has 0 saturated heterocycles. The molecule has 3 heteroatoms. The van der Waals surface area contributed by atoms with Crippen LogP contribution in [-0.4, -0.2) is 9.30 Å². The standard InChI is InChI=1S/C8H8OS2/c9-7(5-8(10)11)6-3-1-2-4-6/h1-6,9H,(H,10,11). The van der Waals surface area contributed by atoms with Crippen LogP contribution in [0.4, 0.5) is 0 Å². The van der Waals surface area contributed by atoms with Gasteiger partial charge < -0.3 is 5.11 Å². The van der Waals surface area contributed by atoms with E-state index in [9.17, 15) is 5.11 Å². The van der Waals surface area contributed by atoms with Crippen molar-refractivity contribution in [3.05, 3.63) is 36.1 Å². The van der Waals surface area contributed by atoms with E-state index in [1.807, 2.05) is 24.3 Å². The zero-order valence-corrected chi connectivity index (χ0v) is 7.48. The minimum absolute atomic E-state index is 0.0138. The van der Waals surface area contributed by atoms with Crippen LogP contribution >= 0.6 is 24.8 Å². The molecule has 0 bridgehead atoms. The minimum Gasteiger partial charge on any atom is -0.511 e. The average Bonchev–Trinajstić information content (AvgIpc) is 2.35. The fourth-order valence-corrected chi connectivity index (χ4v) is 1.10. The summed E-state index contributed by atoms with van der Waals surface area (Å²) >= 11 is 8.56. The Bertz CT molecular complexity index is 239. The van der Waals surface area contributed by atoms with Crippen LogP contribution in [0.1, 0.15) is 0 Å². The van der Waals surface area contributed by atoms with Crippen LogP contribution in [0.5, 0.6) is 0 Å². The number of thiocarbonyl (C=S) groups is 1. The Morgan fingerprint density at radius 3 is 2.45 bits per heavy atom. The van der Waals surface area contributed by atoms with Gasteiger partial charge in [-0.25, -0.2) is 0 Å². The summed E-state index contributed by atoms with van der Waals surface area (Å²) in [6.07, 6.45) is 9.02. The smallest absolute Gasteiger partial charge is 0.105 e. The Hall–Kier alpha value is -0.540. The van der Waals surface area contributed by atoms with Gasteiger partial charge in [-0.2, -0.15) is 0 Å². The van der Waals surface area contributed by atoms with E-state index >= 15 is 0 Å². The molecule has 0 aliphatic heterocycles. The van der Waals surface area contributed by atoms with Crippen molar-refractivity contribution in [1.29, 1.82) is 0 Å². The first-order chi connectivity index (χ1) is 5.20. The van der Waals surface area contributed by atoms with E-state index in [4.69, 9.17) is 0 Å². The molecule has 0 aromatic carbocycles. The maximum atomic E-state index is 9.34. The van der Waals surface area contributed by atoms with E-state index in [-0.39, 0.29) is 11.7 Å². The molecule has 0 heterocycles. The van der Waals surface area contributed by atoms with Crippen molar-refractivity contribution < 1.29 is 5.11 Å². The van der Waals surface area contributed by atoms with E-state index in [1.165, 1.54) is 6.08 Å². The highest BCUT2D eigenvalue weighted by Crippen LogP contribution is 2.16. The van der Waals surface area contributed by atoms with Gasteiger partial charge in [0.05, 0.1) is 10.1 Å². The Labute approximate surface area is 76.5 Å². The van der Waals surface area contributed by atoms with Crippen molar-refractivity contribution in [2.24, 2.45) is 5.92 Å². The number of rotatable bonds is 2. The first-order valence-corrected chi connectivity index (χ1v) is 4.04. The molecular weight excluding hydrogens is 176 g/mol. The maximum absolute atomic E-state index is 9.34. The van der Waals surface area contributed by atoms with Gasteiger partial charge >= 0.3 is 0 Å². The van der Waals surface area contributed by atoms with Crippen molar-refractivity contribution in [2.45, 2.75) is 0 Å². The van der Waals surface area contributed by atoms with Crippen LogP contribution in [0.25, 0.3) is 0 Å². The predicted molar refractivity (Wildman–Crippen MR) is 54.1 cm³/mol. The van der Waals surface area contributed by atoms with E-state index in [1.54, 1.807) is 0 Å². The second-order valence-corrected chi connectivity index (χ2v) is 3.43. The lowest BCUT2D eigenvalue weighted by molar-refractivity contribution is 0.379. The van der Waals surface area contributed by atoms with Gasteiger partial charge in [0.25, 0.3) is 0 Å². The van der Waals surface area contributed by atoms with E-state index in [0.717, 1.165) is 0 Å². The third-order valence-electron chi connectivity index (χ3n) is 1.36. The van der Waals surface area contributed by atoms with Gasteiger partial charge in [0.15, 0.2) is 0 Å². The summed E-state index contributed by atoms with van der Waals surface area (Å²) in [4.78, 5) is 0. The Morgan fingerprint density at radius 1 is 1.45 bits per heavy atom. The number of hydrogen-bond donors (Lipinski definition) is 2. The number of allylic oxidation sites excluding steroid dienone is 3. The number of aliphatic hydroxyl groups excluding tert-OH is 1. The zero-order chi connectivity index (χ0) is 8.27. The normalized spacial score (nSPS) is 17.7. The van der Waals surface area contributed by atoms with Gasteiger partial charge in [-0.1, -0.05) is 36.5 Å². The van der Waals surface area contributed by atoms with Gasteiger partial charge in [-0.3, -0.25) is 0 Å². The molecule has 0 aromatic heterocycles. The molecule has 0 spiro atoms. The molecule has 1 nitrogen and oxygen atoms in total. The first kappa shape index (κ1) is 8.56. The molecule has 1 aliphatic rings. The monoisotopic (exact) mass is 184 g/mol. The van der Waals surface area contributed by atoms with E-state index < -0.39 is 0 Å². The summed E-state index contributed by atoms with van der Waals surface area (Å²) in [6.45, 7) is 0. The maximum Gasteiger partial charge on any atom is 0.105 e. The molecule has 58 valence electrons. The fourth-order valence-electron chi connectivity index (χ4n) is 0.852. The fraction of sp³-hybridized carbons (Fsp3) is 0.125. The summed E-state index contributed by atoms with van der Waals surface area (Å²) < 4.78 is 0.399. The molecule has 1 aliphatic carbocycles. The summed E-state index contributed by atoms with van der Waals surface area (Å²) in [6, 6.07) is 0. The van der Waals surface area contributed by atoms with Crippen LogP contribution in [0.3, 0.4) is 0 Å². The van der Waals surface area contributed by atoms with Crippen molar-refractivity contribution in [3.8, 4) is 0 Å². The summed E-state index contributed by atoms with van der Waals surface area (Å²) in [7, 11) is 0. The van der Waals surface area contributed by atoms with Gasteiger partial charge in [0.1, 0.15) is 5.76 Å². The topological polar surface area (TPSA) is 20.2 Å². The Balaban J connectivity index is 2.67. The number of aliphatic hydroxyl groups is 1. The lowest BCUT2D eigenvalue weighted by atomic mass is 10.1. The van der Waals surface area contributed by atoms with Crippen LogP contribution in [0.15, 0.2) is 36.1 Å². The molecule has 0 radical (unpaired) electrons. The molecule has 1 rings (SSSR count). The molecule has 0 saturated carbocycles. The highest BCUT2D eigenvalue weighted by molar-refractivity contribution is 8.11. The number of thiol groups is 1. The van der Waals surface area contributed by atoms with Crippen LogP contribution in [0, 0.1) is 5.92 Å². The number of hydrogen-bond acceptors (Lipinski definition) is 2. The second-order valence-electron chi connectivity index (χ2n) is 2.20. The molecule has 0 atom stereocenters. The molecular formula is C8H8OS2. The molecule has 0 amide bonds. The van der Waals surface area contributed by atoms with Gasteiger partial charge in [-0.15, -0.1) is 12.6 Å². The molecule has 0 aromatic rings. The van der Waals surface area contributed by atoms with Gasteiger partial charge in [-0.05, 0) is 0 Å². The van der Waals surface area contributed by atoms with Crippen molar-refractivity contribution >= 4 is 29.0 Å². The van der Waals surface area contributed by atoms with Crippen molar-refractivity contribution in [2.75, 3.05) is 0 Å². The highest BCUT2D eigenvalue weighted by atomic mass is 32.1. The lowest BCUT2D eigenvalue weighted by Crippen LogP contribution is -1.95. The molecule has 0 fully saturated rings. The Kier molecular flexibility index (Phi) is 2.91. The third kappa shape index (κ3) is 2.52. The largest absolute Gasteiger partial charge is 0.511 e. The highest BCUT2D eigenvalue weighted by Gasteiger charge is 2.07. The van der Waals surface area contributed by atoms with Crippen LogP contribution in [0.2, 0.25) is 0 Å². The predicted octanol–water partition coefficient (Wildman–Crippen LogP) is 2.43. The molecule has 1 N–H and O–H groups in total. The van der Waals surface area contributed by atoms with Crippen LogP contribution in [-0.2, 0) is 0 Å². The summed E-state index contributed by atoms with van der Waals surface area (Å²) in [5.41, 5.74) is 0. The average molecular weight is 184 g/mol. The van der Waals surface area contributed by atoms with E-state index in [0.29, 0.717) is 4.20 Å². The van der Waals surface area contributed by atoms with Crippen LogP contribution < -0.4 is 0 Å². The first-order valence-electron chi connectivity index (χ1n) is 3.18. The third-order valence-corrected chi connectivity index (χ3v) is 1.61. The summed E-state index contributed by atoms with van der Waals surface area (Å²) in [5, 5.41) is 9.34. The summed E-state index contributed by atoms with van der Waals surface area (Å²) in [5.74, 6) is 0.232. The second kappa shape index (κ2) is 3.74. The van der Waals surface area contributed by atoms with Gasteiger partial charge in [0.2, 0.25) is 0 Å². The molecule has 11 heavy (non-hydrogen) atoms. The quantitative estimate of drug-likeness (QED) is 0.297. The van der Waals surface area contributed by atoms with Gasteiger partial charge in [0, 0.05) is 6.08 Å². The van der Waals surface area contributed by atoms with Crippen molar-refractivity contribution in [1.82, 2.24) is 0 Å². The SMILES string of the molecule is OC(=CC(=S)S)C1C=CC=C1. The minimum atomic E-state index is -0.0138. The zero-order valence-electron chi connectivity index (χ0n) is 5.77. The van der Waals surface area contributed by atoms with E-state index in [2.05, 4.69) is 24.8 Å².